The monoisotopic (exact) mass is 209 g/mol. The van der Waals surface area contributed by atoms with Crippen LogP contribution in [-0.2, 0) is 0 Å². The van der Waals surface area contributed by atoms with Crippen molar-refractivity contribution in [3.8, 4) is 0 Å². The molecule has 0 bridgehead atoms. The van der Waals surface area contributed by atoms with Gasteiger partial charge < -0.3 is 4.42 Å². The standard InChI is InChI=1S/C7H5NO2.C3H8.C2H6/c9-7-8-5-3-1-2-4-6(5)10-7;1-3-2;1-2/h1-4H,(H,8,9);3H2,1-2H3;1-2H3. The van der Waals surface area contributed by atoms with Crippen LogP contribution in [0, 0.1) is 0 Å². The third-order valence-electron chi connectivity index (χ3n) is 1.33. The number of aromatic amines is 1. The Morgan fingerprint density at radius 1 is 1.20 bits per heavy atom. The predicted molar refractivity (Wildman–Crippen MR) is 64.1 cm³/mol. The van der Waals surface area contributed by atoms with Crippen molar-refractivity contribution in [1.82, 2.24) is 4.98 Å². The van der Waals surface area contributed by atoms with Crippen molar-refractivity contribution in [3.05, 3.63) is 34.8 Å². The molecule has 3 nitrogen and oxygen atoms in total. The molecule has 0 unspecified atom stereocenters. The van der Waals surface area contributed by atoms with E-state index < -0.39 is 5.76 Å². The van der Waals surface area contributed by atoms with Crippen molar-refractivity contribution < 1.29 is 4.42 Å². The maximum Gasteiger partial charge on any atom is 0.417 e. The summed E-state index contributed by atoms with van der Waals surface area (Å²) in [6.07, 6.45) is 1.25. The molecule has 0 saturated heterocycles. The molecule has 2 rings (SSSR count). The molecule has 0 aliphatic carbocycles. The van der Waals surface area contributed by atoms with Gasteiger partial charge in [-0.25, -0.2) is 4.79 Å². The van der Waals surface area contributed by atoms with E-state index in [0.717, 1.165) is 5.52 Å². The van der Waals surface area contributed by atoms with Crippen molar-refractivity contribution in [1.29, 1.82) is 0 Å². The SMILES string of the molecule is CC.CCC.O=c1[nH]c2ccccc2o1. The fraction of sp³-hybridized carbons (Fsp3) is 0.417. The van der Waals surface area contributed by atoms with Crippen LogP contribution >= 0.6 is 0 Å². The first kappa shape index (κ1) is 13.5. The molecule has 3 heteroatoms. The third kappa shape index (κ3) is 4.49. The van der Waals surface area contributed by atoms with E-state index in [2.05, 4.69) is 18.8 Å². The van der Waals surface area contributed by atoms with Crippen LogP contribution < -0.4 is 5.76 Å². The molecular formula is C12H19NO2. The minimum atomic E-state index is -0.402. The van der Waals surface area contributed by atoms with Gasteiger partial charge in [0.1, 0.15) is 0 Å². The largest absolute Gasteiger partial charge is 0.417 e. The highest BCUT2D eigenvalue weighted by Gasteiger charge is 1.95. The van der Waals surface area contributed by atoms with Gasteiger partial charge in [-0.15, -0.1) is 0 Å². The van der Waals surface area contributed by atoms with E-state index in [1.165, 1.54) is 6.42 Å². The minimum Gasteiger partial charge on any atom is -0.408 e. The molecular weight excluding hydrogens is 190 g/mol. The van der Waals surface area contributed by atoms with Gasteiger partial charge in [-0.05, 0) is 12.1 Å². The lowest BCUT2D eigenvalue weighted by atomic mass is 10.3. The van der Waals surface area contributed by atoms with Crippen LogP contribution in [0.3, 0.4) is 0 Å². The highest BCUT2D eigenvalue weighted by atomic mass is 16.4. The summed E-state index contributed by atoms with van der Waals surface area (Å²) in [5.41, 5.74) is 1.35. The van der Waals surface area contributed by atoms with Crippen molar-refractivity contribution in [2.45, 2.75) is 34.1 Å². The summed E-state index contributed by atoms with van der Waals surface area (Å²) < 4.78 is 4.76. The van der Waals surface area contributed by atoms with Crippen LogP contribution in [0.15, 0.2) is 33.5 Å². The van der Waals surface area contributed by atoms with E-state index in [1.54, 1.807) is 12.1 Å². The minimum absolute atomic E-state index is 0.402. The number of oxazole rings is 1. The van der Waals surface area contributed by atoms with Gasteiger partial charge in [0.2, 0.25) is 0 Å². The third-order valence-corrected chi connectivity index (χ3v) is 1.33. The molecule has 0 aliphatic rings. The van der Waals surface area contributed by atoms with Crippen LogP contribution in [0.25, 0.3) is 11.1 Å². The van der Waals surface area contributed by atoms with Gasteiger partial charge >= 0.3 is 5.76 Å². The maximum atomic E-state index is 10.6. The second kappa shape index (κ2) is 7.85. The average molecular weight is 209 g/mol. The van der Waals surface area contributed by atoms with Gasteiger partial charge in [0, 0.05) is 0 Å². The lowest BCUT2D eigenvalue weighted by molar-refractivity contribution is 0.555. The molecule has 0 amide bonds. The molecule has 84 valence electrons. The quantitative estimate of drug-likeness (QED) is 0.721. The first-order valence-corrected chi connectivity index (χ1v) is 5.35. The number of nitrogens with one attached hydrogen (secondary N) is 1. The Kier molecular flexibility index (Phi) is 7.06. The fourth-order valence-corrected chi connectivity index (χ4v) is 0.894. The van der Waals surface area contributed by atoms with Crippen LogP contribution in [0.4, 0.5) is 0 Å². The first-order valence-electron chi connectivity index (χ1n) is 5.35. The Labute approximate surface area is 90.1 Å². The van der Waals surface area contributed by atoms with Crippen molar-refractivity contribution in [3.63, 3.8) is 0 Å². The number of benzene rings is 1. The molecule has 0 spiro atoms. The van der Waals surface area contributed by atoms with Gasteiger partial charge in [0.25, 0.3) is 0 Å². The Hall–Kier alpha value is -1.51. The number of rotatable bonds is 0. The van der Waals surface area contributed by atoms with E-state index in [0.29, 0.717) is 5.58 Å². The Morgan fingerprint density at radius 2 is 1.73 bits per heavy atom. The zero-order chi connectivity index (χ0) is 11.7. The predicted octanol–water partition coefficient (Wildman–Crippen LogP) is 3.56. The van der Waals surface area contributed by atoms with E-state index in [-0.39, 0.29) is 0 Å². The number of hydrogen-bond donors (Lipinski definition) is 1. The van der Waals surface area contributed by atoms with Gasteiger partial charge in [0.15, 0.2) is 5.58 Å². The number of hydrogen-bond acceptors (Lipinski definition) is 2. The van der Waals surface area contributed by atoms with E-state index in [4.69, 9.17) is 4.42 Å². The van der Waals surface area contributed by atoms with Gasteiger partial charge in [-0.3, -0.25) is 4.98 Å². The molecule has 0 atom stereocenters. The molecule has 1 N–H and O–H groups in total. The molecule has 15 heavy (non-hydrogen) atoms. The zero-order valence-corrected chi connectivity index (χ0v) is 9.83. The Bertz CT molecular complexity index is 378. The summed E-state index contributed by atoms with van der Waals surface area (Å²) in [7, 11) is 0. The smallest absolute Gasteiger partial charge is 0.408 e. The molecule has 1 aromatic heterocycles. The Morgan fingerprint density at radius 3 is 2.27 bits per heavy atom. The normalized spacial score (nSPS) is 8.53. The van der Waals surface area contributed by atoms with Crippen LogP contribution in [0.1, 0.15) is 34.1 Å². The summed E-state index contributed by atoms with van der Waals surface area (Å²) in [6.45, 7) is 8.25. The van der Waals surface area contributed by atoms with Crippen molar-refractivity contribution in [2.24, 2.45) is 0 Å². The fourth-order valence-electron chi connectivity index (χ4n) is 0.894. The van der Waals surface area contributed by atoms with Crippen LogP contribution in [0.2, 0.25) is 0 Å². The molecule has 1 aromatic carbocycles. The lowest BCUT2D eigenvalue weighted by Crippen LogP contribution is -1.92. The van der Waals surface area contributed by atoms with Crippen molar-refractivity contribution in [2.75, 3.05) is 0 Å². The summed E-state index contributed by atoms with van der Waals surface area (Å²) >= 11 is 0. The highest BCUT2D eigenvalue weighted by molar-refractivity contribution is 5.71. The summed E-state index contributed by atoms with van der Waals surface area (Å²) in [5, 5.41) is 0. The van der Waals surface area contributed by atoms with E-state index >= 15 is 0 Å². The molecule has 0 radical (unpaired) electrons. The van der Waals surface area contributed by atoms with Crippen molar-refractivity contribution >= 4 is 11.1 Å². The summed E-state index contributed by atoms with van der Waals surface area (Å²) in [4.78, 5) is 13.1. The molecule has 0 fully saturated rings. The number of H-pyrrole nitrogens is 1. The van der Waals surface area contributed by atoms with Crippen LogP contribution in [-0.4, -0.2) is 4.98 Å². The topological polar surface area (TPSA) is 46.0 Å². The van der Waals surface area contributed by atoms with E-state index in [9.17, 15) is 4.79 Å². The number of fused-ring (bicyclic) bond motifs is 1. The number of aromatic nitrogens is 1. The van der Waals surface area contributed by atoms with Gasteiger partial charge in [-0.2, -0.15) is 0 Å². The van der Waals surface area contributed by atoms with Gasteiger partial charge in [-0.1, -0.05) is 46.2 Å². The average Bonchev–Trinajstić information content (AvgIpc) is 2.62. The van der Waals surface area contributed by atoms with E-state index in [1.807, 2.05) is 26.0 Å². The second-order valence-corrected chi connectivity index (χ2v) is 2.72. The molecule has 0 aliphatic heterocycles. The molecule has 1 heterocycles. The molecule has 2 aromatic rings. The van der Waals surface area contributed by atoms with Crippen LogP contribution in [0.5, 0.6) is 0 Å². The maximum absolute atomic E-state index is 10.6. The second-order valence-electron chi connectivity index (χ2n) is 2.72. The summed E-state index contributed by atoms with van der Waals surface area (Å²) in [5.74, 6) is -0.402. The molecule has 0 saturated carbocycles. The lowest BCUT2D eigenvalue weighted by Gasteiger charge is -1.79. The Balaban J connectivity index is 0.000000342. The highest BCUT2D eigenvalue weighted by Crippen LogP contribution is 2.06. The first-order chi connectivity index (χ1) is 7.27. The number of para-hydroxylation sites is 2. The summed E-state index contributed by atoms with van der Waals surface area (Å²) in [6, 6.07) is 7.19. The zero-order valence-electron chi connectivity index (χ0n) is 9.83. The van der Waals surface area contributed by atoms with Gasteiger partial charge in [0.05, 0.1) is 5.52 Å².